The highest BCUT2D eigenvalue weighted by Gasteiger charge is 2.31. The van der Waals surface area contributed by atoms with Crippen LogP contribution in [0.3, 0.4) is 0 Å². The average Bonchev–Trinajstić information content (AvgIpc) is 3.47. The van der Waals surface area contributed by atoms with Gasteiger partial charge in [-0.25, -0.2) is 4.79 Å². The fraction of sp³-hybridized carbons (Fsp3) is 0.478. The van der Waals surface area contributed by atoms with Gasteiger partial charge in [0.25, 0.3) is 11.7 Å². The van der Waals surface area contributed by atoms with E-state index < -0.39 is 17.8 Å². The van der Waals surface area contributed by atoms with Crippen LogP contribution in [-0.4, -0.2) is 88.8 Å². The topological polar surface area (TPSA) is 92.2 Å². The van der Waals surface area contributed by atoms with Gasteiger partial charge in [-0.15, -0.1) is 0 Å². The van der Waals surface area contributed by atoms with Gasteiger partial charge < -0.3 is 24.0 Å². The van der Waals surface area contributed by atoms with E-state index in [0.717, 1.165) is 31.4 Å². The van der Waals surface area contributed by atoms with E-state index in [0.29, 0.717) is 30.6 Å². The highest BCUT2D eigenvalue weighted by atomic mass is 16.6. The molecule has 0 unspecified atom stereocenters. The van der Waals surface area contributed by atoms with Crippen LogP contribution in [0, 0.1) is 0 Å². The molecular formula is C23H28N4O5. The van der Waals surface area contributed by atoms with Crippen LogP contribution in [0.1, 0.15) is 30.1 Å². The smallest absolute Gasteiger partial charge is 0.409 e. The SMILES string of the molecule is CCOC(=O)N1CCN(C(=O)C(=O)c2cn(CC(=O)N3CCCC3)c3ccccc23)CC1. The van der Waals surface area contributed by atoms with Crippen molar-refractivity contribution < 1.29 is 23.9 Å². The summed E-state index contributed by atoms with van der Waals surface area (Å²) < 4.78 is 6.76. The van der Waals surface area contributed by atoms with Crippen molar-refractivity contribution in [1.82, 2.24) is 19.3 Å². The fourth-order valence-electron chi connectivity index (χ4n) is 4.34. The normalized spacial score (nSPS) is 16.5. The van der Waals surface area contributed by atoms with Crippen molar-refractivity contribution in [2.75, 3.05) is 45.9 Å². The molecule has 9 nitrogen and oxygen atoms in total. The van der Waals surface area contributed by atoms with Crippen LogP contribution in [0.5, 0.6) is 0 Å². The summed E-state index contributed by atoms with van der Waals surface area (Å²) in [6.45, 7) is 4.89. The second-order valence-electron chi connectivity index (χ2n) is 8.08. The number of hydrogen-bond acceptors (Lipinski definition) is 5. The molecule has 0 spiro atoms. The second-order valence-corrected chi connectivity index (χ2v) is 8.08. The number of piperazine rings is 1. The van der Waals surface area contributed by atoms with E-state index in [9.17, 15) is 19.2 Å². The highest BCUT2D eigenvalue weighted by Crippen LogP contribution is 2.23. The summed E-state index contributed by atoms with van der Waals surface area (Å²) in [5, 5.41) is 0.658. The lowest BCUT2D eigenvalue weighted by atomic mass is 10.1. The Balaban J connectivity index is 1.49. The Labute approximate surface area is 186 Å². The van der Waals surface area contributed by atoms with E-state index in [1.165, 1.54) is 9.80 Å². The number of carbonyl (C=O) groups excluding carboxylic acids is 4. The van der Waals surface area contributed by atoms with Crippen molar-refractivity contribution in [3.05, 3.63) is 36.0 Å². The summed E-state index contributed by atoms with van der Waals surface area (Å²) in [5.41, 5.74) is 1.05. The fourth-order valence-corrected chi connectivity index (χ4v) is 4.34. The van der Waals surface area contributed by atoms with Gasteiger partial charge in [-0.3, -0.25) is 14.4 Å². The van der Waals surface area contributed by atoms with Crippen molar-refractivity contribution in [3.8, 4) is 0 Å². The number of ketones is 1. The molecule has 1 aromatic carbocycles. The monoisotopic (exact) mass is 440 g/mol. The van der Waals surface area contributed by atoms with Gasteiger partial charge in [-0.2, -0.15) is 0 Å². The molecule has 0 N–H and O–H groups in total. The minimum atomic E-state index is -0.599. The summed E-state index contributed by atoms with van der Waals surface area (Å²) in [4.78, 5) is 55.4. The highest BCUT2D eigenvalue weighted by molar-refractivity contribution is 6.44. The molecule has 0 saturated carbocycles. The lowest BCUT2D eigenvalue weighted by Gasteiger charge is -2.33. The summed E-state index contributed by atoms with van der Waals surface area (Å²) in [5.74, 6) is -1.18. The molecule has 2 aliphatic heterocycles. The Kier molecular flexibility index (Phi) is 6.43. The first-order valence-electron chi connectivity index (χ1n) is 11.1. The molecule has 1 aromatic heterocycles. The predicted molar refractivity (Wildman–Crippen MR) is 117 cm³/mol. The van der Waals surface area contributed by atoms with E-state index in [4.69, 9.17) is 4.74 Å². The molecule has 4 rings (SSSR count). The van der Waals surface area contributed by atoms with Crippen LogP contribution < -0.4 is 0 Å². The largest absolute Gasteiger partial charge is 0.450 e. The second kappa shape index (κ2) is 9.42. The average molecular weight is 441 g/mol. The maximum Gasteiger partial charge on any atom is 0.409 e. The van der Waals surface area contributed by atoms with Gasteiger partial charge in [0.05, 0.1) is 12.2 Å². The molecule has 2 fully saturated rings. The number of hydrogen-bond donors (Lipinski definition) is 0. The first kappa shape index (κ1) is 21.9. The van der Waals surface area contributed by atoms with Gasteiger partial charge >= 0.3 is 6.09 Å². The molecule has 2 aromatic rings. The van der Waals surface area contributed by atoms with Crippen molar-refractivity contribution in [3.63, 3.8) is 0 Å². The zero-order valence-electron chi connectivity index (χ0n) is 18.3. The van der Waals surface area contributed by atoms with Crippen molar-refractivity contribution in [1.29, 1.82) is 0 Å². The van der Waals surface area contributed by atoms with Gasteiger partial charge in [-0.1, -0.05) is 18.2 Å². The number of amides is 3. The standard InChI is InChI=1S/C23H28N4O5/c1-2-32-23(31)26-13-11-25(12-14-26)22(30)21(29)18-15-27(19-8-4-3-7-17(18)19)16-20(28)24-9-5-6-10-24/h3-4,7-8,15H,2,5-6,9-14,16H2,1H3. The van der Waals surface area contributed by atoms with Crippen LogP contribution in [0.2, 0.25) is 0 Å². The Morgan fingerprint density at radius 2 is 1.53 bits per heavy atom. The summed E-state index contributed by atoms with van der Waals surface area (Å²) in [7, 11) is 0. The number of Topliss-reactive ketones (excluding diaryl/α,β-unsaturated/α-hetero) is 1. The molecule has 0 aliphatic carbocycles. The van der Waals surface area contributed by atoms with Gasteiger partial charge in [0.1, 0.15) is 6.54 Å². The lowest BCUT2D eigenvalue weighted by Crippen LogP contribution is -2.52. The summed E-state index contributed by atoms with van der Waals surface area (Å²) >= 11 is 0. The number of para-hydroxylation sites is 1. The van der Waals surface area contributed by atoms with E-state index in [1.807, 2.05) is 23.1 Å². The predicted octanol–water partition coefficient (Wildman–Crippen LogP) is 1.75. The number of rotatable bonds is 5. The van der Waals surface area contributed by atoms with E-state index in [2.05, 4.69) is 0 Å². The lowest BCUT2D eigenvalue weighted by molar-refractivity contribution is -0.130. The number of ether oxygens (including phenoxy) is 1. The van der Waals surface area contributed by atoms with Gasteiger partial charge in [0, 0.05) is 56.4 Å². The third-order valence-corrected chi connectivity index (χ3v) is 6.08. The Hall–Kier alpha value is -3.36. The Bertz CT molecular complexity index is 1030. The van der Waals surface area contributed by atoms with Crippen LogP contribution in [0.4, 0.5) is 4.79 Å². The molecule has 2 saturated heterocycles. The number of carbonyl (C=O) groups is 4. The van der Waals surface area contributed by atoms with Crippen molar-refractivity contribution in [2.45, 2.75) is 26.3 Å². The maximum atomic E-state index is 13.1. The molecule has 170 valence electrons. The van der Waals surface area contributed by atoms with E-state index in [1.54, 1.807) is 23.8 Å². The zero-order valence-corrected chi connectivity index (χ0v) is 18.3. The molecule has 3 amide bonds. The molecule has 32 heavy (non-hydrogen) atoms. The molecule has 0 radical (unpaired) electrons. The van der Waals surface area contributed by atoms with Crippen LogP contribution in [0.25, 0.3) is 10.9 Å². The summed E-state index contributed by atoms with van der Waals surface area (Å²) in [6, 6.07) is 7.31. The minimum Gasteiger partial charge on any atom is -0.450 e. The van der Waals surface area contributed by atoms with Crippen molar-refractivity contribution in [2.24, 2.45) is 0 Å². The van der Waals surface area contributed by atoms with Crippen LogP contribution >= 0.6 is 0 Å². The number of aromatic nitrogens is 1. The maximum absolute atomic E-state index is 13.1. The van der Waals surface area contributed by atoms with Gasteiger partial charge in [-0.05, 0) is 25.8 Å². The Morgan fingerprint density at radius 1 is 0.875 bits per heavy atom. The number of benzene rings is 1. The van der Waals surface area contributed by atoms with Gasteiger partial charge in [0.2, 0.25) is 5.91 Å². The third kappa shape index (κ3) is 4.32. The Morgan fingerprint density at radius 3 is 2.22 bits per heavy atom. The van der Waals surface area contributed by atoms with E-state index >= 15 is 0 Å². The quantitative estimate of drug-likeness (QED) is 0.522. The van der Waals surface area contributed by atoms with Crippen LogP contribution in [0.15, 0.2) is 30.5 Å². The van der Waals surface area contributed by atoms with E-state index in [-0.39, 0.29) is 25.5 Å². The first-order chi connectivity index (χ1) is 15.5. The molecule has 0 bridgehead atoms. The third-order valence-electron chi connectivity index (χ3n) is 6.08. The number of fused-ring (bicyclic) bond motifs is 1. The molecule has 3 heterocycles. The molecular weight excluding hydrogens is 412 g/mol. The summed E-state index contributed by atoms with van der Waals surface area (Å²) in [6.07, 6.45) is 3.24. The molecule has 0 atom stereocenters. The van der Waals surface area contributed by atoms with Crippen LogP contribution in [-0.2, 0) is 20.9 Å². The first-order valence-corrected chi connectivity index (χ1v) is 11.1. The number of likely N-dealkylation sites (tertiary alicyclic amines) is 1. The zero-order chi connectivity index (χ0) is 22.7. The minimum absolute atomic E-state index is 0.0173. The molecule has 2 aliphatic rings. The van der Waals surface area contributed by atoms with Crippen molar-refractivity contribution >= 4 is 34.6 Å². The van der Waals surface area contributed by atoms with Gasteiger partial charge in [0.15, 0.2) is 0 Å². The number of nitrogens with zero attached hydrogens (tertiary/aromatic N) is 4. The molecule has 9 heteroatoms.